The molecule has 0 aliphatic heterocycles. The van der Waals surface area contributed by atoms with Gasteiger partial charge in [0.05, 0.1) is 0 Å². The van der Waals surface area contributed by atoms with Crippen LogP contribution in [0.2, 0.25) is 0 Å². The lowest BCUT2D eigenvalue weighted by Gasteiger charge is -2.13. The van der Waals surface area contributed by atoms with E-state index in [0.717, 1.165) is 28.8 Å². The molecule has 2 N–H and O–H groups in total. The summed E-state index contributed by atoms with van der Waals surface area (Å²) in [7, 11) is 0. The minimum absolute atomic E-state index is 0.212. The van der Waals surface area contributed by atoms with Crippen LogP contribution in [-0.4, -0.2) is 16.8 Å². The summed E-state index contributed by atoms with van der Waals surface area (Å²) in [6, 6.07) is 18.7. The predicted molar refractivity (Wildman–Crippen MR) is 110 cm³/mol. The van der Waals surface area contributed by atoms with Crippen molar-refractivity contribution in [2.75, 3.05) is 5.32 Å². The van der Waals surface area contributed by atoms with Gasteiger partial charge in [0.2, 0.25) is 0 Å². The summed E-state index contributed by atoms with van der Waals surface area (Å²) in [4.78, 5) is 29.2. The number of pyridine rings is 1. The number of anilines is 1. The monoisotopic (exact) mass is 373 g/mol. The summed E-state index contributed by atoms with van der Waals surface area (Å²) < 4.78 is 0. The highest BCUT2D eigenvalue weighted by Gasteiger charge is 2.14. The van der Waals surface area contributed by atoms with E-state index in [4.69, 9.17) is 0 Å². The van der Waals surface area contributed by atoms with Crippen LogP contribution in [0.4, 0.5) is 5.69 Å². The van der Waals surface area contributed by atoms with Crippen LogP contribution < -0.4 is 10.6 Å². The molecule has 0 atom stereocenters. The Labute approximate surface area is 164 Å². The zero-order valence-electron chi connectivity index (χ0n) is 16.0. The summed E-state index contributed by atoms with van der Waals surface area (Å²) >= 11 is 0. The van der Waals surface area contributed by atoms with E-state index in [-0.39, 0.29) is 17.5 Å². The van der Waals surface area contributed by atoms with Gasteiger partial charge in [0.25, 0.3) is 11.8 Å². The van der Waals surface area contributed by atoms with E-state index in [1.54, 1.807) is 6.07 Å². The molecule has 5 heteroatoms. The molecule has 0 unspecified atom stereocenters. The highest BCUT2D eigenvalue weighted by atomic mass is 16.2. The fraction of sp³-hybridized carbons (Fsp3) is 0.174. The molecule has 142 valence electrons. The quantitative estimate of drug-likeness (QED) is 0.682. The molecular formula is C23H23N3O2. The fourth-order valence-corrected chi connectivity index (χ4v) is 2.95. The van der Waals surface area contributed by atoms with E-state index < -0.39 is 0 Å². The number of aromatic nitrogens is 1. The molecule has 0 saturated carbocycles. The Morgan fingerprint density at radius 2 is 1.75 bits per heavy atom. The number of para-hydroxylation sites is 1. The Bertz CT molecular complexity index is 984. The minimum atomic E-state index is -0.316. The van der Waals surface area contributed by atoms with Crippen LogP contribution in [-0.2, 0) is 13.0 Å². The number of benzene rings is 2. The van der Waals surface area contributed by atoms with Crippen molar-refractivity contribution in [1.82, 2.24) is 10.3 Å². The summed E-state index contributed by atoms with van der Waals surface area (Å²) in [5, 5.41) is 5.80. The van der Waals surface area contributed by atoms with Gasteiger partial charge in [-0.15, -0.1) is 0 Å². The number of nitrogens with zero attached hydrogens (tertiary/aromatic N) is 1. The van der Waals surface area contributed by atoms with E-state index in [2.05, 4.69) is 15.6 Å². The predicted octanol–water partition coefficient (Wildman–Crippen LogP) is 4.13. The van der Waals surface area contributed by atoms with Crippen molar-refractivity contribution in [1.29, 1.82) is 0 Å². The molecule has 0 aliphatic rings. The average molecular weight is 373 g/mol. The van der Waals surface area contributed by atoms with Crippen LogP contribution in [0.5, 0.6) is 0 Å². The standard InChI is InChI=1S/C23H23N3O2/c1-3-18-11-7-8-16(2)21(18)26-22(27)19-12-13-24-20(14-19)23(28)25-15-17-9-5-4-6-10-17/h4-14H,3,15H2,1-2H3,(H,25,28)(H,26,27). The van der Waals surface area contributed by atoms with Gasteiger partial charge in [0.15, 0.2) is 0 Å². The van der Waals surface area contributed by atoms with Gasteiger partial charge < -0.3 is 10.6 Å². The Hall–Kier alpha value is -3.47. The number of rotatable bonds is 6. The highest BCUT2D eigenvalue weighted by Crippen LogP contribution is 2.22. The molecule has 28 heavy (non-hydrogen) atoms. The van der Waals surface area contributed by atoms with Crippen molar-refractivity contribution in [2.24, 2.45) is 0 Å². The van der Waals surface area contributed by atoms with Crippen LogP contribution in [0.3, 0.4) is 0 Å². The van der Waals surface area contributed by atoms with Crippen molar-refractivity contribution >= 4 is 17.5 Å². The molecule has 0 bridgehead atoms. The molecular weight excluding hydrogens is 350 g/mol. The topological polar surface area (TPSA) is 71.1 Å². The van der Waals surface area contributed by atoms with Crippen molar-refractivity contribution in [3.05, 3.63) is 94.8 Å². The van der Waals surface area contributed by atoms with Gasteiger partial charge in [-0.1, -0.05) is 55.5 Å². The third-order valence-corrected chi connectivity index (χ3v) is 4.53. The highest BCUT2D eigenvalue weighted by molar-refractivity contribution is 6.06. The molecule has 0 aliphatic carbocycles. The van der Waals surface area contributed by atoms with Crippen molar-refractivity contribution < 1.29 is 9.59 Å². The lowest BCUT2D eigenvalue weighted by molar-refractivity contribution is 0.0946. The first kappa shape index (κ1) is 19.3. The summed E-state index contributed by atoms with van der Waals surface area (Å²) in [6.07, 6.45) is 2.30. The lowest BCUT2D eigenvalue weighted by Crippen LogP contribution is -2.24. The first-order chi connectivity index (χ1) is 13.6. The number of amides is 2. The molecule has 0 radical (unpaired) electrons. The average Bonchev–Trinajstić information content (AvgIpc) is 2.74. The Morgan fingerprint density at radius 3 is 2.50 bits per heavy atom. The minimum Gasteiger partial charge on any atom is -0.347 e. The maximum Gasteiger partial charge on any atom is 0.270 e. The number of aryl methyl sites for hydroxylation is 2. The summed E-state index contributed by atoms with van der Waals surface area (Å²) in [5.41, 5.74) is 4.50. The van der Waals surface area contributed by atoms with Gasteiger partial charge in [-0.05, 0) is 42.2 Å². The van der Waals surface area contributed by atoms with Crippen molar-refractivity contribution in [3.8, 4) is 0 Å². The first-order valence-corrected chi connectivity index (χ1v) is 9.26. The smallest absolute Gasteiger partial charge is 0.270 e. The maximum atomic E-state index is 12.7. The zero-order chi connectivity index (χ0) is 19.9. The van der Waals surface area contributed by atoms with Crippen LogP contribution in [0.15, 0.2) is 66.9 Å². The second kappa shape index (κ2) is 8.95. The molecule has 0 saturated heterocycles. The fourth-order valence-electron chi connectivity index (χ4n) is 2.95. The van der Waals surface area contributed by atoms with Gasteiger partial charge in [0, 0.05) is 24.0 Å². The Morgan fingerprint density at radius 1 is 0.964 bits per heavy atom. The third-order valence-electron chi connectivity index (χ3n) is 4.53. The van der Waals surface area contributed by atoms with Crippen LogP contribution in [0, 0.1) is 6.92 Å². The molecule has 0 fully saturated rings. The number of nitrogens with one attached hydrogen (secondary N) is 2. The maximum absolute atomic E-state index is 12.7. The third kappa shape index (κ3) is 4.62. The number of carbonyl (C=O) groups is 2. The van der Waals surface area contributed by atoms with E-state index in [0.29, 0.717) is 12.1 Å². The zero-order valence-corrected chi connectivity index (χ0v) is 16.0. The Kier molecular flexibility index (Phi) is 6.17. The van der Waals surface area contributed by atoms with Gasteiger partial charge in [-0.3, -0.25) is 14.6 Å². The van der Waals surface area contributed by atoms with Crippen molar-refractivity contribution in [2.45, 2.75) is 26.8 Å². The van der Waals surface area contributed by atoms with E-state index in [9.17, 15) is 9.59 Å². The lowest BCUT2D eigenvalue weighted by atomic mass is 10.1. The first-order valence-electron chi connectivity index (χ1n) is 9.26. The summed E-state index contributed by atoms with van der Waals surface area (Å²) in [6.45, 7) is 4.41. The molecule has 3 rings (SSSR count). The second-order valence-electron chi connectivity index (χ2n) is 6.51. The number of hydrogen-bond donors (Lipinski definition) is 2. The normalized spacial score (nSPS) is 10.4. The van der Waals surface area contributed by atoms with Gasteiger partial charge in [-0.2, -0.15) is 0 Å². The Balaban J connectivity index is 1.72. The molecule has 1 heterocycles. The molecule has 0 spiro atoms. The molecule has 3 aromatic rings. The van der Waals surface area contributed by atoms with E-state index >= 15 is 0 Å². The van der Waals surface area contributed by atoms with Gasteiger partial charge in [0.1, 0.15) is 5.69 Å². The van der Waals surface area contributed by atoms with Crippen LogP contribution in [0.25, 0.3) is 0 Å². The van der Waals surface area contributed by atoms with Crippen LogP contribution >= 0.6 is 0 Å². The number of carbonyl (C=O) groups excluding carboxylic acids is 2. The molecule has 2 amide bonds. The van der Waals surface area contributed by atoms with Gasteiger partial charge in [-0.25, -0.2) is 0 Å². The number of hydrogen-bond acceptors (Lipinski definition) is 3. The molecule has 2 aromatic carbocycles. The SMILES string of the molecule is CCc1cccc(C)c1NC(=O)c1ccnc(C(=O)NCc2ccccc2)c1. The van der Waals surface area contributed by atoms with Gasteiger partial charge >= 0.3 is 0 Å². The second-order valence-corrected chi connectivity index (χ2v) is 6.51. The van der Waals surface area contributed by atoms with Crippen molar-refractivity contribution in [3.63, 3.8) is 0 Å². The molecule has 1 aromatic heterocycles. The molecule has 5 nitrogen and oxygen atoms in total. The largest absolute Gasteiger partial charge is 0.347 e. The van der Waals surface area contributed by atoms with Crippen LogP contribution in [0.1, 0.15) is 44.5 Å². The summed E-state index contributed by atoms with van der Waals surface area (Å²) in [5.74, 6) is -0.577. The van der Waals surface area contributed by atoms with E-state index in [1.165, 1.54) is 12.3 Å². The van der Waals surface area contributed by atoms with E-state index in [1.807, 2.05) is 62.4 Å².